The van der Waals surface area contributed by atoms with Crippen molar-refractivity contribution in [1.82, 2.24) is 19.8 Å². The summed E-state index contributed by atoms with van der Waals surface area (Å²) in [4.78, 5) is 32.2. The molecule has 0 aliphatic carbocycles. The van der Waals surface area contributed by atoms with Crippen LogP contribution in [0.1, 0.15) is 5.82 Å². The van der Waals surface area contributed by atoms with Crippen LogP contribution >= 0.6 is 0 Å². The molecular formula is C15H18F3N5O2. The number of nitrogens with one attached hydrogen (secondary N) is 2. The monoisotopic (exact) mass is 357 g/mol. The molecule has 0 saturated heterocycles. The number of alkyl halides is 3. The maximum atomic E-state index is 12.6. The SMILES string of the molecule is CN(CC(=O)Nc1ccc2nc(C(F)(F)F)[nH]c2c1)CC(=O)N(C)C. The van der Waals surface area contributed by atoms with E-state index in [0.717, 1.165) is 0 Å². The number of imidazole rings is 1. The predicted octanol–water partition coefficient (Wildman–Crippen LogP) is 1.54. The number of benzene rings is 1. The molecule has 0 atom stereocenters. The van der Waals surface area contributed by atoms with Gasteiger partial charge in [0.15, 0.2) is 0 Å². The van der Waals surface area contributed by atoms with Gasteiger partial charge in [0, 0.05) is 19.8 Å². The van der Waals surface area contributed by atoms with Crippen molar-refractivity contribution in [3.8, 4) is 0 Å². The molecule has 0 bridgehead atoms. The second-order valence-electron chi connectivity index (χ2n) is 5.82. The van der Waals surface area contributed by atoms with Crippen LogP contribution in [0.4, 0.5) is 18.9 Å². The number of fused-ring (bicyclic) bond motifs is 1. The summed E-state index contributed by atoms with van der Waals surface area (Å²) in [5.74, 6) is -1.62. The number of halogens is 3. The summed E-state index contributed by atoms with van der Waals surface area (Å²) in [6, 6.07) is 4.22. The van der Waals surface area contributed by atoms with E-state index in [-0.39, 0.29) is 35.9 Å². The summed E-state index contributed by atoms with van der Waals surface area (Å²) in [5.41, 5.74) is 0.655. The van der Waals surface area contributed by atoms with Crippen molar-refractivity contribution in [3.63, 3.8) is 0 Å². The summed E-state index contributed by atoms with van der Waals surface area (Å²) in [5, 5.41) is 2.58. The first-order valence-corrected chi connectivity index (χ1v) is 7.32. The first-order valence-electron chi connectivity index (χ1n) is 7.32. The summed E-state index contributed by atoms with van der Waals surface area (Å²) in [6.45, 7) is 0.0450. The average Bonchev–Trinajstić information content (AvgIpc) is 2.89. The van der Waals surface area contributed by atoms with E-state index in [0.29, 0.717) is 5.69 Å². The fraction of sp³-hybridized carbons (Fsp3) is 0.400. The number of aromatic nitrogens is 2. The normalized spacial score (nSPS) is 11.8. The lowest BCUT2D eigenvalue weighted by atomic mass is 10.2. The molecule has 7 nitrogen and oxygen atoms in total. The zero-order chi connectivity index (χ0) is 18.8. The minimum absolute atomic E-state index is 0.0333. The molecular weight excluding hydrogens is 339 g/mol. The standard InChI is InChI=1S/C15H18F3N5O2/c1-22(2)13(25)8-23(3)7-12(24)19-9-4-5-10-11(6-9)21-14(20-10)15(16,17)18/h4-6H,7-8H2,1-3H3,(H,19,24)(H,20,21). The number of hydrogen-bond acceptors (Lipinski definition) is 4. The third-order valence-electron chi connectivity index (χ3n) is 3.35. The minimum atomic E-state index is -4.57. The summed E-state index contributed by atoms with van der Waals surface area (Å²) in [6.07, 6.45) is -4.57. The quantitative estimate of drug-likeness (QED) is 0.851. The average molecular weight is 357 g/mol. The van der Waals surface area contributed by atoms with Gasteiger partial charge in [0.05, 0.1) is 24.1 Å². The van der Waals surface area contributed by atoms with Gasteiger partial charge in [-0.3, -0.25) is 14.5 Å². The fourth-order valence-electron chi connectivity index (χ4n) is 2.10. The molecule has 0 radical (unpaired) electrons. The van der Waals surface area contributed by atoms with Gasteiger partial charge in [-0.15, -0.1) is 0 Å². The molecule has 1 aromatic heterocycles. The Bertz CT molecular complexity index is 785. The number of H-pyrrole nitrogens is 1. The van der Waals surface area contributed by atoms with Crippen LogP contribution in [0, 0.1) is 0 Å². The Morgan fingerprint density at radius 2 is 1.88 bits per heavy atom. The van der Waals surface area contributed by atoms with Crippen molar-refractivity contribution in [2.75, 3.05) is 39.5 Å². The zero-order valence-electron chi connectivity index (χ0n) is 13.9. The molecule has 10 heteroatoms. The third kappa shape index (κ3) is 4.92. The van der Waals surface area contributed by atoms with E-state index in [9.17, 15) is 22.8 Å². The van der Waals surface area contributed by atoms with Gasteiger partial charge < -0.3 is 15.2 Å². The number of carbonyl (C=O) groups excluding carboxylic acids is 2. The van der Waals surface area contributed by atoms with Gasteiger partial charge in [0.1, 0.15) is 0 Å². The first kappa shape index (κ1) is 18.7. The van der Waals surface area contributed by atoms with Gasteiger partial charge in [0.2, 0.25) is 17.6 Å². The Kier molecular flexibility index (Phi) is 5.31. The Hall–Kier alpha value is -2.62. The zero-order valence-corrected chi connectivity index (χ0v) is 13.9. The smallest absolute Gasteiger partial charge is 0.348 e. The van der Waals surface area contributed by atoms with Crippen LogP contribution in [0.5, 0.6) is 0 Å². The van der Waals surface area contributed by atoms with Gasteiger partial charge in [-0.1, -0.05) is 0 Å². The number of amides is 2. The highest BCUT2D eigenvalue weighted by Gasteiger charge is 2.34. The molecule has 25 heavy (non-hydrogen) atoms. The molecule has 2 rings (SSSR count). The van der Waals surface area contributed by atoms with Crippen LogP contribution < -0.4 is 5.32 Å². The van der Waals surface area contributed by atoms with E-state index in [4.69, 9.17) is 0 Å². The lowest BCUT2D eigenvalue weighted by Crippen LogP contribution is -2.38. The summed E-state index contributed by atoms with van der Waals surface area (Å²) in [7, 11) is 4.85. The summed E-state index contributed by atoms with van der Waals surface area (Å²) < 4.78 is 37.9. The van der Waals surface area contributed by atoms with Gasteiger partial charge in [0.25, 0.3) is 0 Å². The van der Waals surface area contributed by atoms with E-state index in [2.05, 4.69) is 15.3 Å². The Labute approximate surface area is 141 Å². The van der Waals surface area contributed by atoms with Crippen molar-refractivity contribution in [3.05, 3.63) is 24.0 Å². The van der Waals surface area contributed by atoms with Crippen LogP contribution in [-0.4, -0.2) is 65.8 Å². The number of anilines is 1. The highest BCUT2D eigenvalue weighted by atomic mass is 19.4. The maximum Gasteiger partial charge on any atom is 0.449 e. The van der Waals surface area contributed by atoms with Crippen LogP contribution in [0.2, 0.25) is 0 Å². The van der Waals surface area contributed by atoms with E-state index >= 15 is 0 Å². The predicted molar refractivity (Wildman–Crippen MR) is 85.9 cm³/mol. The third-order valence-corrected chi connectivity index (χ3v) is 3.35. The molecule has 1 heterocycles. The molecule has 2 aromatic rings. The molecule has 0 saturated carbocycles. The minimum Gasteiger partial charge on any atom is -0.348 e. The second kappa shape index (κ2) is 7.09. The van der Waals surface area contributed by atoms with Crippen LogP contribution in [0.3, 0.4) is 0 Å². The van der Waals surface area contributed by atoms with E-state index in [1.165, 1.54) is 28.0 Å². The molecule has 0 aliphatic heterocycles. The lowest BCUT2D eigenvalue weighted by Gasteiger charge is -2.18. The number of carbonyl (C=O) groups is 2. The largest absolute Gasteiger partial charge is 0.449 e. The molecule has 0 fully saturated rings. The van der Waals surface area contributed by atoms with Crippen LogP contribution in [0.25, 0.3) is 11.0 Å². The summed E-state index contributed by atoms with van der Waals surface area (Å²) >= 11 is 0. The lowest BCUT2D eigenvalue weighted by molar-refractivity contribution is -0.144. The number of nitrogens with zero attached hydrogens (tertiary/aromatic N) is 3. The molecule has 2 N–H and O–H groups in total. The van der Waals surface area contributed by atoms with Crippen molar-refractivity contribution in [1.29, 1.82) is 0 Å². The Morgan fingerprint density at radius 1 is 1.20 bits per heavy atom. The van der Waals surface area contributed by atoms with E-state index < -0.39 is 12.0 Å². The van der Waals surface area contributed by atoms with Gasteiger partial charge in [-0.05, 0) is 25.2 Å². The highest BCUT2D eigenvalue weighted by Crippen LogP contribution is 2.29. The number of hydrogen-bond donors (Lipinski definition) is 2. The number of likely N-dealkylation sites (N-methyl/N-ethyl adjacent to an activating group) is 2. The van der Waals surface area contributed by atoms with Crippen LogP contribution in [-0.2, 0) is 15.8 Å². The van der Waals surface area contributed by atoms with Crippen molar-refractivity contribution in [2.24, 2.45) is 0 Å². The molecule has 0 unspecified atom stereocenters. The van der Waals surface area contributed by atoms with Gasteiger partial charge in [-0.2, -0.15) is 13.2 Å². The topological polar surface area (TPSA) is 81.3 Å². The molecule has 2 amide bonds. The van der Waals surface area contributed by atoms with E-state index in [1.807, 2.05) is 0 Å². The molecule has 0 aliphatic rings. The Morgan fingerprint density at radius 3 is 2.48 bits per heavy atom. The highest BCUT2D eigenvalue weighted by molar-refractivity contribution is 5.94. The number of aromatic amines is 1. The maximum absolute atomic E-state index is 12.6. The molecule has 0 spiro atoms. The molecule has 1 aromatic carbocycles. The van der Waals surface area contributed by atoms with Crippen molar-refractivity contribution in [2.45, 2.75) is 6.18 Å². The van der Waals surface area contributed by atoms with Gasteiger partial charge >= 0.3 is 6.18 Å². The first-order chi connectivity index (χ1) is 11.6. The number of rotatable bonds is 5. The van der Waals surface area contributed by atoms with Crippen molar-refractivity contribution < 1.29 is 22.8 Å². The van der Waals surface area contributed by atoms with Gasteiger partial charge in [-0.25, -0.2) is 4.98 Å². The second-order valence-corrected chi connectivity index (χ2v) is 5.82. The Balaban J connectivity index is 2.02. The van der Waals surface area contributed by atoms with E-state index in [1.54, 1.807) is 21.1 Å². The van der Waals surface area contributed by atoms with Crippen LogP contribution in [0.15, 0.2) is 18.2 Å². The van der Waals surface area contributed by atoms with Crippen molar-refractivity contribution >= 4 is 28.5 Å². The molecule has 136 valence electrons. The fourth-order valence-corrected chi connectivity index (χ4v) is 2.10.